The van der Waals surface area contributed by atoms with Crippen molar-refractivity contribution >= 4 is 11.6 Å². The molecule has 7 heteroatoms. The number of ether oxygens (including phenoxy) is 1. The van der Waals surface area contributed by atoms with Gasteiger partial charge >= 0.3 is 0 Å². The summed E-state index contributed by atoms with van der Waals surface area (Å²) < 4.78 is 5.55. The van der Waals surface area contributed by atoms with Crippen LogP contribution in [0, 0.1) is 16.0 Å². The molecular weight excluding hydrogens is 274 g/mol. The SMILES string of the molecule is NC1C2CCOC2C1NC(=O)Cc1cccc([N+](=O)[O-])c1. The molecule has 21 heavy (non-hydrogen) atoms. The lowest BCUT2D eigenvalue weighted by Gasteiger charge is -2.45. The van der Waals surface area contributed by atoms with Gasteiger partial charge in [0.05, 0.1) is 23.5 Å². The Hall–Kier alpha value is -1.99. The predicted octanol–water partition coefficient (Wildman–Crippen LogP) is 0.368. The van der Waals surface area contributed by atoms with Crippen molar-refractivity contribution in [2.45, 2.75) is 31.0 Å². The number of non-ortho nitro benzene ring substituents is 1. The van der Waals surface area contributed by atoms with Crippen LogP contribution in [0.5, 0.6) is 0 Å². The van der Waals surface area contributed by atoms with E-state index in [9.17, 15) is 14.9 Å². The van der Waals surface area contributed by atoms with Crippen LogP contribution in [0.25, 0.3) is 0 Å². The summed E-state index contributed by atoms with van der Waals surface area (Å²) in [5.74, 6) is 0.151. The van der Waals surface area contributed by atoms with E-state index in [1.807, 2.05) is 0 Å². The number of hydrogen-bond acceptors (Lipinski definition) is 5. The van der Waals surface area contributed by atoms with Crippen molar-refractivity contribution in [2.75, 3.05) is 6.61 Å². The van der Waals surface area contributed by atoms with E-state index < -0.39 is 4.92 Å². The molecule has 1 saturated heterocycles. The molecule has 3 rings (SSSR count). The van der Waals surface area contributed by atoms with Gasteiger partial charge in [-0.1, -0.05) is 12.1 Å². The van der Waals surface area contributed by atoms with Crippen molar-refractivity contribution in [1.29, 1.82) is 0 Å². The van der Waals surface area contributed by atoms with Gasteiger partial charge in [-0.2, -0.15) is 0 Å². The van der Waals surface area contributed by atoms with Crippen molar-refractivity contribution in [3.63, 3.8) is 0 Å². The average molecular weight is 291 g/mol. The summed E-state index contributed by atoms with van der Waals surface area (Å²) >= 11 is 0. The van der Waals surface area contributed by atoms with Gasteiger partial charge in [0.2, 0.25) is 5.91 Å². The third-order valence-corrected chi connectivity index (χ3v) is 4.26. The summed E-state index contributed by atoms with van der Waals surface area (Å²) in [5.41, 5.74) is 6.63. The van der Waals surface area contributed by atoms with Gasteiger partial charge in [0.25, 0.3) is 5.69 Å². The number of fused-ring (bicyclic) bond motifs is 1. The minimum absolute atomic E-state index is 0.0140. The minimum atomic E-state index is -0.472. The number of nitro benzene ring substituents is 1. The summed E-state index contributed by atoms with van der Waals surface area (Å²) in [6, 6.07) is 5.87. The lowest BCUT2D eigenvalue weighted by molar-refractivity contribution is -0.384. The summed E-state index contributed by atoms with van der Waals surface area (Å²) in [4.78, 5) is 22.3. The largest absolute Gasteiger partial charge is 0.376 e. The number of benzene rings is 1. The maximum absolute atomic E-state index is 12.0. The first-order chi connectivity index (χ1) is 10.1. The second kappa shape index (κ2) is 5.42. The number of nitro groups is 1. The molecule has 2 aliphatic rings. The van der Waals surface area contributed by atoms with E-state index in [2.05, 4.69) is 5.32 Å². The normalized spacial score (nSPS) is 30.3. The second-order valence-corrected chi connectivity index (χ2v) is 5.56. The van der Waals surface area contributed by atoms with Gasteiger partial charge in [0.1, 0.15) is 0 Å². The summed E-state index contributed by atoms with van der Waals surface area (Å²) in [6.07, 6.45) is 1.07. The predicted molar refractivity (Wildman–Crippen MR) is 74.6 cm³/mol. The first-order valence-corrected chi connectivity index (χ1v) is 6.96. The molecule has 112 valence electrons. The van der Waals surface area contributed by atoms with Crippen LogP contribution in [-0.4, -0.2) is 35.6 Å². The smallest absolute Gasteiger partial charge is 0.269 e. The highest BCUT2D eigenvalue weighted by Gasteiger charge is 2.52. The molecule has 1 aliphatic heterocycles. The van der Waals surface area contributed by atoms with Gasteiger partial charge in [0, 0.05) is 30.7 Å². The molecule has 0 radical (unpaired) electrons. The number of rotatable bonds is 4. The molecule has 3 N–H and O–H groups in total. The topological polar surface area (TPSA) is 107 Å². The molecule has 7 nitrogen and oxygen atoms in total. The molecule has 4 unspecified atom stereocenters. The monoisotopic (exact) mass is 291 g/mol. The van der Waals surface area contributed by atoms with Crippen LogP contribution >= 0.6 is 0 Å². The molecule has 1 amide bonds. The lowest BCUT2D eigenvalue weighted by atomic mass is 9.72. The van der Waals surface area contributed by atoms with E-state index in [0.717, 1.165) is 6.42 Å². The Labute approximate surface area is 121 Å². The van der Waals surface area contributed by atoms with Crippen molar-refractivity contribution < 1.29 is 14.5 Å². The number of amides is 1. The third-order valence-electron chi connectivity index (χ3n) is 4.26. The van der Waals surface area contributed by atoms with Crippen molar-refractivity contribution in [1.82, 2.24) is 5.32 Å². The maximum atomic E-state index is 12.0. The van der Waals surface area contributed by atoms with E-state index >= 15 is 0 Å². The van der Waals surface area contributed by atoms with Crippen LogP contribution in [0.2, 0.25) is 0 Å². The second-order valence-electron chi connectivity index (χ2n) is 5.56. The number of nitrogens with one attached hydrogen (secondary N) is 1. The Morgan fingerprint density at radius 2 is 2.33 bits per heavy atom. The van der Waals surface area contributed by atoms with Gasteiger partial charge in [-0.05, 0) is 12.0 Å². The Balaban J connectivity index is 1.59. The van der Waals surface area contributed by atoms with E-state index in [-0.39, 0.29) is 36.2 Å². The van der Waals surface area contributed by atoms with E-state index in [0.29, 0.717) is 18.1 Å². The van der Waals surface area contributed by atoms with Crippen LogP contribution in [-0.2, 0) is 16.0 Å². The maximum Gasteiger partial charge on any atom is 0.269 e. The number of nitrogens with zero attached hydrogens (tertiary/aromatic N) is 1. The van der Waals surface area contributed by atoms with Crippen molar-refractivity contribution in [2.24, 2.45) is 11.7 Å². The van der Waals surface area contributed by atoms with Gasteiger partial charge in [0.15, 0.2) is 0 Å². The standard InChI is InChI=1S/C14H17N3O4/c15-12-10-4-5-21-14(10)13(12)16-11(18)7-8-2-1-3-9(6-8)17(19)20/h1-3,6,10,12-14H,4-5,7,15H2,(H,16,18). The molecular formula is C14H17N3O4. The Morgan fingerprint density at radius 3 is 3.10 bits per heavy atom. The molecule has 0 spiro atoms. The summed E-state index contributed by atoms with van der Waals surface area (Å²) in [6.45, 7) is 0.695. The highest BCUT2D eigenvalue weighted by Crippen LogP contribution is 2.37. The Kier molecular flexibility index (Phi) is 3.60. The zero-order valence-electron chi connectivity index (χ0n) is 11.4. The molecule has 1 aromatic rings. The molecule has 4 atom stereocenters. The zero-order valence-corrected chi connectivity index (χ0v) is 11.4. The third kappa shape index (κ3) is 2.62. The van der Waals surface area contributed by atoms with Gasteiger partial charge in [-0.15, -0.1) is 0 Å². The number of carbonyl (C=O) groups excluding carboxylic acids is 1. The van der Waals surface area contributed by atoms with Crippen LogP contribution in [0.3, 0.4) is 0 Å². The van der Waals surface area contributed by atoms with Crippen LogP contribution < -0.4 is 11.1 Å². The minimum Gasteiger partial charge on any atom is -0.376 e. The lowest BCUT2D eigenvalue weighted by Crippen LogP contribution is -2.69. The van der Waals surface area contributed by atoms with E-state index in [4.69, 9.17) is 10.5 Å². The summed E-state index contributed by atoms with van der Waals surface area (Å²) in [5, 5.41) is 13.6. The first-order valence-electron chi connectivity index (χ1n) is 6.96. The van der Waals surface area contributed by atoms with Gasteiger partial charge < -0.3 is 15.8 Å². The number of hydrogen-bond donors (Lipinski definition) is 2. The average Bonchev–Trinajstić information content (AvgIpc) is 2.90. The van der Waals surface area contributed by atoms with Gasteiger partial charge in [-0.25, -0.2) is 0 Å². The highest BCUT2D eigenvalue weighted by molar-refractivity contribution is 5.79. The fourth-order valence-corrected chi connectivity index (χ4v) is 3.13. The number of nitrogens with two attached hydrogens (primary N) is 1. The highest BCUT2D eigenvalue weighted by atomic mass is 16.6. The zero-order chi connectivity index (χ0) is 15.0. The van der Waals surface area contributed by atoms with Crippen molar-refractivity contribution in [3.8, 4) is 0 Å². The molecule has 1 aromatic carbocycles. The molecule has 0 bridgehead atoms. The van der Waals surface area contributed by atoms with Gasteiger partial charge in [-0.3, -0.25) is 14.9 Å². The first kappa shape index (κ1) is 14.0. The summed E-state index contributed by atoms with van der Waals surface area (Å²) in [7, 11) is 0. The molecule has 0 aromatic heterocycles. The fraction of sp³-hybridized carbons (Fsp3) is 0.500. The molecule has 1 aliphatic carbocycles. The van der Waals surface area contributed by atoms with Crippen LogP contribution in [0.15, 0.2) is 24.3 Å². The van der Waals surface area contributed by atoms with Crippen LogP contribution in [0.4, 0.5) is 5.69 Å². The molecule has 1 heterocycles. The van der Waals surface area contributed by atoms with E-state index in [1.165, 1.54) is 12.1 Å². The molecule has 2 fully saturated rings. The molecule has 1 saturated carbocycles. The Morgan fingerprint density at radius 1 is 1.52 bits per heavy atom. The quantitative estimate of drug-likeness (QED) is 0.615. The Bertz CT molecular complexity index is 577. The fourth-order valence-electron chi connectivity index (χ4n) is 3.13. The number of carbonyl (C=O) groups is 1. The van der Waals surface area contributed by atoms with Crippen LogP contribution in [0.1, 0.15) is 12.0 Å². The van der Waals surface area contributed by atoms with Crippen molar-refractivity contribution in [3.05, 3.63) is 39.9 Å². The van der Waals surface area contributed by atoms with E-state index in [1.54, 1.807) is 12.1 Å².